The third-order valence-electron chi connectivity index (χ3n) is 3.26. The second-order valence-corrected chi connectivity index (χ2v) is 6.53. The summed E-state index contributed by atoms with van der Waals surface area (Å²) in [5, 5.41) is 33.4. The minimum absolute atomic E-state index is 0.0791. The Morgan fingerprint density at radius 3 is 2.50 bits per heavy atom. The molecule has 2 unspecified atom stereocenters. The van der Waals surface area contributed by atoms with Crippen molar-refractivity contribution in [3.05, 3.63) is 39.4 Å². The van der Waals surface area contributed by atoms with Crippen LogP contribution < -0.4 is 5.32 Å². The molecule has 8 nitrogen and oxygen atoms in total. The molecule has 0 aliphatic heterocycles. The molecule has 1 amide bonds. The average Bonchev–Trinajstić information content (AvgIpc) is 2.44. The molecule has 0 aliphatic rings. The van der Waals surface area contributed by atoms with E-state index in [-0.39, 0.29) is 18.7 Å². The van der Waals surface area contributed by atoms with Crippen molar-refractivity contribution in [2.45, 2.75) is 51.9 Å². The zero-order valence-corrected chi connectivity index (χ0v) is 14.3. The largest absolute Gasteiger partial charge is 0.444 e. The van der Waals surface area contributed by atoms with Gasteiger partial charge >= 0.3 is 6.09 Å². The molecule has 1 aromatic rings. The van der Waals surface area contributed by atoms with Gasteiger partial charge in [-0.3, -0.25) is 10.1 Å². The van der Waals surface area contributed by atoms with E-state index in [4.69, 9.17) is 4.74 Å². The predicted molar refractivity (Wildman–Crippen MR) is 87.7 cm³/mol. The molecule has 24 heavy (non-hydrogen) atoms. The lowest BCUT2D eigenvalue weighted by Gasteiger charge is -2.22. The van der Waals surface area contributed by atoms with Crippen LogP contribution in [0.2, 0.25) is 0 Å². The van der Waals surface area contributed by atoms with E-state index >= 15 is 0 Å². The van der Waals surface area contributed by atoms with Gasteiger partial charge in [0.15, 0.2) is 0 Å². The van der Waals surface area contributed by atoms with E-state index in [0.717, 1.165) is 0 Å². The molecular formula is C16H24N2O6. The van der Waals surface area contributed by atoms with E-state index in [1.54, 1.807) is 27.7 Å². The van der Waals surface area contributed by atoms with Crippen LogP contribution in [0.25, 0.3) is 0 Å². The number of carbonyl (C=O) groups excluding carboxylic acids is 1. The number of benzene rings is 1. The van der Waals surface area contributed by atoms with Crippen molar-refractivity contribution in [2.75, 3.05) is 6.54 Å². The van der Waals surface area contributed by atoms with Crippen molar-refractivity contribution in [1.29, 1.82) is 0 Å². The number of alkyl carbamates (subject to hydrolysis) is 1. The minimum Gasteiger partial charge on any atom is -0.444 e. The number of ether oxygens (including phenoxy) is 1. The lowest BCUT2D eigenvalue weighted by atomic mass is 9.97. The summed E-state index contributed by atoms with van der Waals surface area (Å²) in [5.74, 6) is 0. The maximum absolute atomic E-state index is 11.5. The Balaban J connectivity index is 2.57. The van der Waals surface area contributed by atoms with Crippen molar-refractivity contribution in [1.82, 2.24) is 5.32 Å². The van der Waals surface area contributed by atoms with E-state index in [2.05, 4.69) is 5.32 Å². The summed E-state index contributed by atoms with van der Waals surface area (Å²) in [4.78, 5) is 21.7. The normalized spacial score (nSPS) is 13.9. The first-order chi connectivity index (χ1) is 11.0. The quantitative estimate of drug-likeness (QED) is 0.539. The average molecular weight is 340 g/mol. The first kappa shape index (κ1) is 19.9. The molecule has 0 saturated carbocycles. The molecule has 2 atom stereocenters. The number of rotatable bonds is 6. The number of carbonyl (C=O) groups is 1. The molecule has 1 aromatic carbocycles. The Labute approximate surface area is 140 Å². The molecular weight excluding hydrogens is 316 g/mol. The number of nitro groups is 1. The van der Waals surface area contributed by atoms with E-state index in [0.29, 0.717) is 11.1 Å². The summed E-state index contributed by atoms with van der Waals surface area (Å²) in [7, 11) is 0. The molecule has 0 fully saturated rings. The summed E-state index contributed by atoms with van der Waals surface area (Å²) >= 11 is 0. The third kappa shape index (κ3) is 6.13. The van der Waals surface area contributed by atoms with Crippen LogP contribution in [-0.4, -0.2) is 39.5 Å². The number of hydrogen-bond acceptors (Lipinski definition) is 6. The third-order valence-corrected chi connectivity index (χ3v) is 3.26. The highest BCUT2D eigenvalue weighted by Crippen LogP contribution is 2.25. The first-order valence-electron chi connectivity index (χ1n) is 7.59. The number of nitro benzene ring substituents is 1. The van der Waals surface area contributed by atoms with Crippen LogP contribution in [-0.2, 0) is 4.74 Å². The van der Waals surface area contributed by atoms with Crippen molar-refractivity contribution >= 4 is 11.8 Å². The highest BCUT2D eigenvalue weighted by Gasteiger charge is 2.22. The van der Waals surface area contributed by atoms with Gasteiger partial charge in [-0.2, -0.15) is 0 Å². The Morgan fingerprint density at radius 1 is 1.38 bits per heavy atom. The smallest absolute Gasteiger partial charge is 0.407 e. The molecule has 0 saturated heterocycles. The Hall–Kier alpha value is -2.19. The van der Waals surface area contributed by atoms with E-state index in [1.807, 2.05) is 0 Å². The molecule has 0 aliphatic carbocycles. The number of nitrogens with zero attached hydrogens (tertiary/aromatic N) is 1. The summed E-state index contributed by atoms with van der Waals surface area (Å²) < 4.78 is 5.06. The van der Waals surface area contributed by atoms with Crippen LogP contribution in [0.3, 0.4) is 0 Å². The highest BCUT2D eigenvalue weighted by atomic mass is 16.6. The van der Waals surface area contributed by atoms with E-state index in [1.165, 1.54) is 18.2 Å². The number of aliphatic hydroxyl groups excluding tert-OH is 2. The number of nitrogens with one attached hydrogen (secondary N) is 1. The number of non-ortho nitro benzene ring substituents is 1. The van der Waals surface area contributed by atoms with Crippen LogP contribution in [0, 0.1) is 17.0 Å². The maximum atomic E-state index is 11.5. The molecule has 8 heteroatoms. The number of hydrogen-bond donors (Lipinski definition) is 3. The fourth-order valence-electron chi connectivity index (χ4n) is 2.11. The van der Waals surface area contributed by atoms with Gasteiger partial charge in [0, 0.05) is 18.7 Å². The molecule has 0 bridgehead atoms. The zero-order valence-electron chi connectivity index (χ0n) is 14.3. The van der Waals surface area contributed by atoms with Crippen LogP contribution in [0.1, 0.15) is 44.4 Å². The van der Waals surface area contributed by atoms with Gasteiger partial charge in [0.1, 0.15) is 11.7 Å². The fourth-order valence-corrected chi connectivity index (χ4v) is 2.11. The van der Waals surface area contributed by atoms with Gasteiger partial charge in [0.25, 0.3) is 5.69 Å². The maximum Gasteiger partial charge on any atom is 0.407 e. The summed E-state index contributed by atoms with van der Waals surface area (Å²) in [5.41, 5.74) is 0.226. The summed E-state index contributed by atoms with van der Waals surface area (Å²) in [6.07, 6.45) is -2.82. The van der Waals surface area contributed by atoms with Crippen LogP contribution in [0.4, 0.5) is 10.5 Å². The summed E-state index contributed by atoms with van der Waals surface area (Å²) in [6, 6.07) is 4.03. The number of aryl methyl sites for hydroxylation is 1. The molecule has 0 aromatic heterocycles. The minimum atomic E-state index is -1.20. The van der Waals surface area contributed by atoms with Crippen molar-refractivity contribution in [3.8, 4) is 0 Å². The first-order valence-corrected chi connectivity index (χ1v) is 7.59. The SMILES string of the molecule is Cc1cc([N+](=O)[O-])ccc1C(O)C(O)CCNC(=O)OC(C)(C)C. The molecule has 1 rings (SSSR count). The van der Waals surface area contributed by atoms with Crippen molar-refractivity contribution in [2.24, 2.45) is 0 Å². The van der Waals surface area contributed by atoms with E-state index in [9.17, 15) is 25.1 Å². The Morgan fingerprint density at radius 2 is 2.00 bits per heavy atom. The van der Waals surface area contributed by atoms with Crippen molar-refractivity contribution in [3.63, 3.8) is 0 Å². The van der Waals surface area contributed by atoms with Gasteiger partial charge < -0.3 is 20.3 Å². The topological polar surface area (TPSA) is 122 Å². The molecule has 134 valence electrons. The number of amides is 1. The second kappa shape index (κ2) is 8.07. The summed E-state index contributed by atoms with van der Waals surface area (Å²) in [6.45, 7) is 6.96. The molecule has 0 heterocycles. The van der Waals surface area contributed by atoms with Gasteiger partial charge in [-0.25, -0.2) is 4.79 Å². The fraction of sp³-hybridized carbons (Fsp3) is 0.562. The van der Waals surface area contributed by atoms with E-state index < -0.39 is 28.8 Å². The predicted octanol–water partition coefficient (Wildman–Crippen LogP) is 2.21. The Kier molecular flexibility index (Phi) is 6.68. The van der Waals surface area contributed by atoms with Gasteiger partial charge in [-0.15, -0.1) is 0 Å². The Bertz CT molecular complexity index is 597. The van der Waals surface area contributed by atoms with Crippen LogP contribution >= 0.6 is 0 Å². The highest BCUT2D eigenvalue weighted by molar-refractivity contribution is 5.67. The van der Waals surface area contributed by atoms with Gasteiger partial charge in [0.2, 0.25) is 0 Å². The van der Waals surface area contributed by atoms with Crippen LogP contribution in [0.5, 0.6) is 0 Å². The molecule has 3 N–H and O–H groups in total. The lowest BCUT2D eigenvalue weighted by molar-refractivity contribution is -0.384. The van der Waals surface area contributed by atoms with Crippen molar-refractivity contribution < 1.29 is 24.7 Å². The molecule has 0 radical (unpaired) electrons. The van der Waals surface area contributed by atoms with Gasteiger partial charge in [-0.1, -0.05) is 0 Å². The monoisotopic (exact) mass is 340 g/mol. The standard InChI is InChI=1S/C16H24N2O6/c1-10-9-11(18(22)23)5-6-12(10)14(20)13(19)7-8-17-15(21)24-16(2,3)4/h5-6,9,13-14,19-20H,7-8H2,1-4H3,(H,17,21). The lowest BCUT2D eigenvalue weighted by Crippen LogP contribution is -2.34. The molecule has 0 spiro atoms. The van der Waals surface area contributed by atoms with Crippen LogP contribution in [0.15, 0.2) is 18.2 Å². The van der Waals surface area contributed by atoms with Gasteiger partial charge in [0.05, 0.1) is 11.0 Å². The van der Waals surface area contributed by atoms with Gasteiger partial charge in [-0.05, 0) is 51.3 Å². The second-order valence-electron chi connectivity index (χ2n) is 6.53. The zero-order chi connectivity index (χ0) is 18.5. The number of aliphatic hydroxyl groups is 2.